The maximum atomic E-state index is 14.4. The number of ether oxygens (including phenoxy) is 2. The van der Waals surface area contributed by atoms with Crippen molar-refractivity contribution in [2.75, 3.05) is 31.3 Å². The number of imide groups is 1. The van der Waals surface area contributed by atoms with E-state index in [0.717, 1.165) is 48.9 Å². The van der Waals surface area contributed by atoms with Gasteiger partial charge in [0.25, 0.3) is 11.8 Å². The SMILES string of the molecule is CC(=O)COCCCCCOCCCc1ccc(N2C(=O)C(Sc3ccccc3)=C(Sc3ccccc3)C2=O)c(C(F)(F)F)c1. The quantitative estimate of drug-likeness (QED) is 0.107. The van der Waals surface area contributed by atoms with Crippen LogP contribution in [0, 0.1) is 0 Å². The second-order valence-corrected chi connectivity index (χ2v) is 12.5. The van der Waals surface area contributed by atoms with E-state index < -0.39 is 29.2 Å². The minimum Gasteiger partial charge on any atom is -0.381 e. The molecule has 6 nitrogen and oxygen atoms in total. The summed E-state index contributed by atoms with van der Waals surface area (Å²) < 4.78 is 54.0. The minimum atomic E-state index is -4.79. The molecule has 45 heavy (non-hydrogen) atoms. The van der Waals surface area contributed by atoms with Crippen molar-refractivity contribution in [3.05, 3.63) is 99.8 Å². The van der Waals surface area contributed by atoms with Crippen molar-refractivity contribution in [1.82, 2.24) is 0 Å². The van der Waals surface area contributed by atoms with Gasteiger partial charge in [0.05, 0.1) is 21.1 Å². The van der Waals surface area contributed by atoms with Gasteiger partial charge in [-0.25, -0.2) is 4.90 Å². The van der Waals surface area contributed by atoms with Crippen molar-refractivity contribution in [3.8, 4) is 0 Å². The summed E-state index contributed by atoms with van der Waals surface area (Å²) in [6, 6.07) is 21.6. The molecule has 2 amide bonds. The van der Waals surface area contributed by atoms with E-state index in [1.165, 1.54) is 19.1 Å². The van der Waals surface area contributed by atoms with E-state index in [1.807, 2.05) is 12.1 Å². The number of ketones is 1. The van der Waals surface area contributed by atoms with E-state index in [9.17, 15) is 27.6 Å². The van der Waals surface area contributed by atoms with Crippen LogP contribution in [0.4, 0.5) is 18.9 Å². The Hall–Kier alpha value is -3.38. The molecule has 0 fully saturated rings. The molecule has 1 aliphatic rings. The Morgan fingerprint density at radius 1 is 0.733 bits per heavy atom. The van der Waals surface area contributed by atoms with Crippen molar-refractivity contribution >= 4 is 46.8 Å². The predicted octanol–water partition coefficient (Wildman–Crippen LogP) is 8.10. The normalized spacial score (nSPS) is 13.6. The van der Waals surface area contributed by atoms with E-state index >= 15 is 0 Å². The van der Waals surface area contributed by atoms with Gasteiger partial charge in [0.2, 0.25) is 0 Å². The number of thioether (sulfide) groups is 2. The maximum absolute atomic E-state index is 14.4. The van der Waals surface area contributed by atoms with Crippen LogP contribution in [-0.2, 0) is 36.5 Å². The van der Waals surface area contributed by atoms with Gasteiger partial charge in [-0.2, -0.15) is 13.2 Å². The molecule has 0 saturated carbocycles. The van der Waals surface area contributed by atoms with Gasteiger partial charge < -0.3 is 9.47 Å². The van der Waals surface area contributed by atoms with E-state index in [2.05, 4.69) is 0 Å². The van der Waals surface area contributed by atoms with Gasteiger partial charge in [-0.1, -0.05) is 66.0 Å². The number of aryl methyl sites for hydroxylation is 1. The molecule has 3 aromatic carbocycles. The summed E-state index contributed by atoms with van der Waals surface area (Å²) in [5.41, 5.74) is -1.09. The zero-order valence-electron chi connectivity index (χ0n) is 24.8. The number of hydrogen-bond donors (Lipinski definition) is 0. The average molecular weight is 658 g/mol. The number of unbranched alkanes of at least 4 members (excludes halogenated alkanes) is 2. The second-order valence-electron chi connectivity index (χ2n) is 10.3. The molecule has 0 aliphatic carbocycles. The highest BCUT2D eigenvalue weighted by Gasteiger charge is 2.44. The zero-order valence-corrected chi connectivity index (χ0v) is 26.4. The zero-order chi connectivity index (χ0) is 32.2. The highest BCUT2D eigenvalue weighted by Crippen LogP contribution is 2.46. The summed E-state index contributed by atoms with van der Waals surface area (Å²) in [4.78, 5) is 40.4. The Bertz CT molecular complexity index is 1430. The number of benzene rings is 3. The summed E-state index contributed by atoms with van der Waals surface area (Å²) in [6.45, 7) is 3.03. The number of anilines is 1. The molecular weight excluding hydrogens is 624 g/mol. The fourth-order valence-electron chi connectivity index (χ4n) is 4.54. The smallest absolute Gasteiger partial charge is 0.381 e. The molecular formula is C34H34F3NO5S2. The number of Topliss-reactive ketones (excluding diaryl/α,β-unsaturated/α-hetero) is 1. The Morgan fingerprint density at radius 3 is 1.80 bits per heavy atom. The lowest BCUT2D eigenvalue weighted by molar-refractivity contribution is -0.137. The molecule has 0 N–H and O–H groups in total. The molecule has 1 heterocycles. The first kappa shape index (κ1) is 34.5. The van der Waals surface area contributed by atoms with E-state index in [4.69, 9.17) is 9.47 Å². The molecule has 0 atom stereocenters. The molecule has 0 unspecified atom stereocenters. The van der Waals surface area contributed by atoms with Gasteiger partial charge in [-0.15, -0.1) is 0 Å². The second kappa shape index (κ2) is 16.8. The molecule has 0 bridgehead atoms. The fraction of sp³-hybridized carbons (Fsp3) is 0.324. The molecule has 0 saturated heterocycles. The average Bonchev–Trinajstić information content (AvgIpc) is 3.24. The van der Waals surface area contributed by atoms with Crippen LogP contribution in [0.1, 0.15) is 43.7 Å². The van der Waals surface area contributed by atoms with Crippen LogP contribution in [0.25, 0.3) is 0 Å². The third-order valence-corrected chi connectivity index (χ3v) is 8.98. The summed E-state index contributed by atoms with van der Waals surface area (Å²) in [5, 5.41) is 0. The van der Waals surface area contributed by atoms with Gasteiger partial charge >= 0.3 is 6.18 Å². The van der Waals surface area contributed by atoms with E-state index in [1.54, 1.807) is 48.5 Å². The van der Waals surface area contributed by atoms with Gasteiger partial charge in [0.15, 0.2) is 5.78 Å². The molecule has 0 radical (unpaired) electrons. The minimum absolute atomic E-state index is 0.00972. The Morgan fingerprint density at radius 2 is 1.27 bits per heavy atom. The van der Waals surface area contributed by atoms with Crippen LogP contribution in [0.5, 0.6) is 0 Å². The monoisotopic (exact) mass is 657 g/mol. The van der Waals surface area contributed by atoms with Gasteiger partial charge in [0, 0.05) is 29.6 Å². The van der Waals surface area contributed by atoms with E-state index in [-0.39, 0.29) is 22.2 Å². The summed E-state index contributed by atoms with van der Waals surface area (Å²) in [6.07, 6.45) is -1.42. The van der Waals surface area contributed by atoms with Crippen molar-refractivity contribution in [3.63, 3.8) is 0 Å². The van der Waals surface area contributed by atoms with Crippen LogP contribution in [0.15, 0.2) is 98.5 Å². The number of alkyl halides is 3. The Labute approximate surface area is 269 Å². The number of hydrogen-bond acceptors (Lipinski definition) is 7. The standard InChI is InChI=1S/C34H34F3NO5S2/c1-24(39)23-43-20-10-4-9-19-42-21-11-12-25-17-18-29(28(22-25)34(35,36)37)38-32(40)30(44-26-13-5-2-6-14-26)31(33(38)41)45-27-15-7-3-8-16-27/h2-3,5-8,13-18,22H,4,9-12,19-21,23H2,1H3. The number of amides is 2. The fourth-order valence-corrected chi connectivity index (χ4v) is 6.57. The van der Waals surface area contributed by atoms with Gasteiger partial charge in [-0.3, -0.25) is 14.4 Å². The first-order valence-corrected chi connectivity index (χ1v) is 16.2. The molecule has 0 spiro atoms. The van der Waals surface area contributed by atoms with Crippen molar-refractivity contribution < 1.29 is 37.0 Å². The van der Waals surface area contributed by atoms with Crippen LogP contribution in [-0.4, -0.2) is 44.0 Å². The van der Waals surface area contributed by atoms with Crippen LogP contribution >= 0.6 is 23.5 Å². The van der Waals surface area contributed by atoms with Crippen molar-refractivity contribution in [2.24, 2.45) is 0 Å². The van der Waals surface area contributed by atoms with Gasteiger partial charge in [0.1, 0.15) is 6.61 Å². The number of rotatable bonds is 17. The van der Waals surface area contributed by atoms with Crippen molar-refractivity contribution in [2.45, 2.75) is 55.0 Å². The summed E-state index contributed by atoms with van der Waals surface area (Å²) in [5.74, 6) is -1.58. The van der Waals surface area contributed by atoms with Crippen molar-refractivity contribution in [1.29, 1.82) is 0 Å². The summed E-state index contributed by atoms with van der Waals surface area (Å²) >= 11 is 2.13. The summed E-state index contributed by atoms with van der Waals surface area (Å²) in [7, 11) is 0. The van der Waals surface area contributed by atoms with Crippen LogP contribution in [0.3, 0.4) is 0 Å². The molecule has 0 aromatic heterocycles. The Kier molecular flexibility index (Phi) is 12.9. The predicted molar refractivity (Wildman–Crippen MR) is 170 cm³/mol. The van der Waals surface area contributed by atoms with Gasteiger partial charge in [-0.05, 0) is 81.0 Å². The highest BCUT2D eigenvalue weighted by atomic mass is 32.2. The molecule has 1 aliphatic heterocycles. The lowest BCUT2D eigenvalue weighted by atomic mass is 10.0. The maximum Gasteiger partial charge on any atom is 0.418 e. The molecule has 3 aromatic rings. The first-order valence-electron chi connectivity index (χ1n) is 14.6. The number of carbonyl (C=O) groups excluding carboxylic acids is 3. The number of halogens is 3. The molecule has 11 heteroatoms. The third-order valence-electron chi connectivity index (χ3n) is 6.67. The highest BCUT2D eigenvalue weighted by molar-refractivity contribution is 8.08. The van der Waals surface area contributed by atoms with Crippen LogP contribution < -0.4 is 4.90 Å². The van der Waals surface area contributed by atoms with E-state index in [0.29, 0.717) is 52.9 Å². The molecule has 238 valence electrons. The first-order chi connectivity index (χ1) is 21.6. The topological polar surface area (TPSA) is 72.9 Å². The lowest BCUT2D eigenvalue weighted by Gasteiger charge is -2.21. The lowest BCUT2D eigenvalue weighted by Crippen LogP contribution is -2.33. The number of carbonyl (C=O) groups is 3. The third kappa shape index (κ3) is 10.1. The number of nitrogens with zero attached hydrogens (tertiary/aromatic N) is 1. The largest absolute Gasteiger partial charge is 0.418 e. The Balaban J connectivity index is 1.43. The molecule has 4 rings (SSSR count). The van der Waals surface area contributed by atoms with Crippen LogP contribution in [0.2, 0.25) is 0 Å².